The van der Waals surface area contributed by atoms with E-state index in [0.29, 0.717) is 23.9 Å². The summed E-state index contributed by atoms with van der Waals surface area (Å²) in [5, 5.41) is 13.8. The monoisotopic (exact) mass is 285 g/mol. The number of rotatable bonds is 6. The van der Waals surface area contributed by atoms with Gasteiger partial charge in [-0.2, -0.15) is 0 Å². The lowest BCUT2D eigenvalue weighted by Gasteiger charge is -2.25. The Hall–Kier alpha value is -0.810. The number of aliphatic hydroxyl groups excluding tert-OH is 1. The Kier molecular flexibility index (Phi) is 5.05. The molecule has 2 rings (SSSR count). The molecule has 1 aromatic carbocycles. The molecule has 106 valence electrons. The van der Waals surface area contributed by atoms with E-state index in [-0.39, 0.29) is 12.1 Å². The number of para-hydroxylation sites is 1. The van der Waals surface area contributed by atoms with E-state index < -0.39 is 6.10 Å². The third-order valence-electron chi connectivity index (χ3n) is 3.25. The standard InChI is InChI=1S/C14H20ClNO3/c1-14(6-7-18-10-14)16-8-11(17)9-19-13-5-3-2-4-12(13)15/h2-5,11,16-17H,6-10H2,1H3. The predicted molar refractivity (Wildman–Crippen MR) is 74.8 cm³/mol. The first-order valence-electron chi connectivity index (χ1n) is 6.47. The number of benzene rings is 1. The zero-order valence-electron chi connectivity index (χ0n) is 11.1. The first-order chi connectivity index (χ1) is 9.09. The van der Waals surface area contributed by atoms with Crippen LogP contribution in [0.4, 0.5) is 0 Å². The van der Waals surface area contributed by atoms with E-state index >= 15 is 0 Å². The molecule has 1 aromatic rings. The lowest BCUT2D eigenvalue weighted by Crippen LogP contribution is -2.47. The summed E-state index contributed by atoms with van der Waals surface area (Å²) in [6, 6.07) is 7.24. The zero-order chi connectivity index (χ0) is 13.7. The molecule has 2 atom stereocenters. The van der Waals surface area contributed by atoms with Crippen molar-refractivity contribution in [3.63, 3.8) is 0 Å². The first kappa shape index (κ1) is 14.6. The molecule has 5 heteroatoms. The van der Waals surface area contributed by atoms with Gasteiger partial charge in [0.2, 0.25) is 0 Å². The summed E-state index contributed by atoms with van der Waals surface area (Å²) in [4.78, 5) is 0. The summed E-state index contributed by atoms with van der Waals surface area (Å²) in [7, 11) is 0. The van der Waals surface area contributed by atoms with Crippen LogP contribution in [0.1, 0.15) is 13.3 Å². The fourth-order valence-corrected chi connectivity index (χ4v) is 2.17. The van der Waals surface area contributed by atoms with Gasteiger partial charge in [-0.3, -0.25) is 0 Å². The third kappa shape index (κ3) is 4.35. The molecule has 0 saturated carbocycles. The second-order valence-electron chi connectivity index (χ2n) is 5.14. The van der Waals surface area contributed by atoms with E-state index in [4.69, 9.17) is 21.1 Å². The fraction of sp³-hybridized carbons (Fsp3) is 0.571. The van der Waals surface area contributed by atoms with Gasteiger partial charge in [0.25, 0.3) is 0 Å². The van der Waals surface area contributed by atoms with Crippen molar-refractivity contribution < 1.29 is 14.6 Å². The maximum absolute atomic E-state index is 9.90. The third-order valence-corrected chi connectivity index (χ3v) is 3.56. The van der Waals surface area contributed by atoms with Crippen LogP contribution in [0, 0.1) is 0 Å². The Labute approximate surface area is 118 Å². The highest BCUT2D eigenvalue weighted by atomic mass is 35.5. The van der Waals surface area contributed by atoms with Crippen molar-refractivity contribution in [2.24, 2.45) is 0 Å². The van der Waals surface area contributed by atoms with Crippen molar-refractivity contribution in [3.05, 3.63) is 29.3 Å². The highest BCUT2D eigenvalue weighted by molar-refractivity contribution is 6.32. The Bertz CT molecular complexity index is 407. The van der Waals surface area contributed by atoms with E-state index in [1.165, 1.54) is 0 Å². The van der Waals surface area contributed by atoms with Crippen LogP contribution in [-0.2, 0) is 4.74 Å². The summed E-state index contributed by atoms with van der Waals surface area (Å²) in [5.74, 6) is 0.596. The molecule has 2 unspecified atom stereocenters. The van der Waals surface area contributed by atoms with Gasteiger partial charge in [-0.05, 0) is 25.5 Å². The molecule has 0 amide bonds. The SMILES string of the molecule is CC1(NCC(O)COc2ccccc2Cl)CCOC1. The van der Waals surface area contributed by atoms with Gasteiger partial charge < -0.3 is 19.9 Å². The van der Waals surface area contributed by atoms with Gasteiger partial charge in [0.1, 0.15) is 18.5 Å². The number of nitrogens with one attached hydrogen (secondary N) is 1. The topological polar surface area (TPSA) is 50.7 Å². The Morgan fingerprint density at radius 3 is 3.00 bits per heavy atom. The molecule has 0 aromatic heterocycles. The summed E-state index contributed by atoms with van der Waals surface area (Å²) < 4.78 is 10.8. The van der Waals surface area contributed by atoms with Crippen LogP contribution in [-0.4, -0.2) is 43.1 Å². The number of ether oxygens (including phenoxy) is 2. The molecule has 1 fully saturated rings. The van der Waals surface area contributed by atoms with E-state index in [1.807, 2.05) is 12.1 Å². The minimum Gasteiger partial charge on any atom is -0.489 e. The van der Waals surface area contributed by atoms with Crippen molar-refractivity contribution in [1.82, 2.24) is 5.32 Å². The average molecular weight is 286 g/mol. The van der Waals surface area contributed by atoms with Crippen molar-refractivity contribution >= 4 is 11.6 Å². The van der Waals surface area contributed by atoms with Crippen LogP contribution in [0.3, 0.4) is 0 Å². The van der Waals surface area contributed by atoms with Crippen molar-refractivity contribution in [1.29, 1.82) is 0 Å². The van der Waals surface area contributed by atoms with E-state index in [0.717, 1.165) is 13.0 Å². The molecular formula is C14H20ClNO3. The molecule has 0 aliphatic carbocycles. The summed E-state index contributed by atoms with van der Waals surface area (Å²) >= 11 is 5.97. The second-order valence-corrected chi connectivity index (χ2v) is 5.55. The highest BCUT2D eigenvalue weighted by Crippen LogP contribution is 2.23. The second kappa shape index (κ2) is 6.57. The Morgan fingerprint density at radius 2 is 2.32 bits per heavy atom. The molecular weight excluding hydrogens is 266 g/mol. The molecule has 4 nitrogen and oxygen atoms in total. The van der Waals surface area contributed by atoms with Crippen LogP contribution >= 0.6 is 11.6 Å². The largest absolute Gasteiger partial charge is 0.489 e. The molecule has 0 bridgehead atoms. The highest BCUT2D eigenvalue weighted by Gasteiger charge is 2.29. The summed E-state index contributed by atoms with van der Waals surface area (Å²) in [6.45, 7) is 4.25. The molecule has 1 heterocycles. The molecule has 1 saturated heterocycles. The molecule has 2 N–H and O–H groups in total. The Morgan fingerprint density at radius 1 is 1.53 bits per heavy atom. The minimum atomic E-state index is -0.575. The van der Waals surface area contributed by atoms with Crippen LogP contribution in [0.25, 0.3) is 0 Å². The molecule has 0 radical (unpaired) electrons. The van der Waals surface area contributed by atoms with E-state index in [9.17, 15) is 5.11 Å². The van der Waals surface area contributed by atoms with Gasteiger partial charge in [0, 0.05) is 18.7 Å². The average Bonchev–Trinajstić information content (AvgIpc) is 2.83. The minimum absolute atomic E-state index is 0.0363. The van der Waals surface area contributed by atoms with Gasteiger partial charge >= 0.3 is 0 Å². The van der Waals surface area contributed by atoms with Gasteiger partial charge in [0.05, 0.1) is 11.6 Å². The van der Waals surface area contributed by atoms with Crippen LogP contribution < -0.4 is 10.1 Å². The molecule has 1 aliphatic rings. The maximum atomic E-state index is 9.90. The predicted octanol–water partition coefficient (Wildman–Crippen LogP) is 1.85. The smallest absolute Gasteiger partial charge is 0.138 e. The number of β-amino-alcohol motifs (C(OH)–C–C–N with tert-alkyl or cyclic N) is 1. The van der Waals surface area contributed by atoms with Crippen LogP contribution in [0.15, 0.2) is 24.3 Å². The number of hydrogen-bond donors (Lipinski definition) is 2. The lowest BCUT2D eigenvalue weighted by molar-refractivity contribution is 0.0945. The van der Waals surface area contributed by atoms with Gasteiger partial charge in [0.15, 0.2) is 0 Å². The molecule has 0 spiro atoms. The zero-order valence-corrected chi connectivity index (χ0v) is 11.8. The van der Waals surface area contributed by atoms with Crippen LogP contribution in [0.2, 0.25) is 5.02 Å². The number of halogens is 1. The maximum Gasteiger partial charge on any atom is 0.138 e. The number of aliphatic hydroxyl groups is 1. The van der Waals surface area contributed by atoms with Crippen molar-refractivity contribution in [2.45, 2.75) is 25.0 Å². The van der Waals surface area contributed by atoms with Crippen molar-refractivity contribution in [3.8, 4) is 5.75 Å². The van der Waals surface area contributed by atoms with Gasteiger partial charge in [-0.1, -0.05) is 23.7 Å². The summed E-state index contributed by atoms with van der Waals surface area (Å²) in [5.41, 5.74) is -0.0363. The fourth-order valence-electron chi connectivity index (χ4n) is 1.98. The van der Waals surface area contributed by atoms with E-state index in [2.05, 4.69) is 12.2 Å². The lowest BCUT2D eigenvalue weighted by atomic mass is 10.0. The quantitative estimate of drug-likeness (QED) is 0.837. The molecule has 19 heavy (non-hydrogen) atoms. The normalized spacial score (nSPS) is 24.4. The van der Waals surface area contributed by atoms with E-state index in [1.54, 1.807) is 12.1 Å². The number of hydrogen-bond acceptors (Lipinski definition) is 4. The summed E-state index contributed by atoms with van der Waals surface area (Å²) in [6.07, 6.45) is 0.388. The van der Waals surface area contributed by atoms with Crippen molar-refractivity contribution in [2.75, 3.05) is 26.4 Å². The van der Waals surface area contributed by atoms with Gasteiger partial charge in [-0.25, -0.2) is 0 Å². The Balaban J connectivity index is 1.73. The van der Waals surface area contributed by atoms with Gasteiger partial charge in [-0.15, -0.1) is 0 Å². The first-order valence-corrected chi connectivity index (χ1v) is 6.85. The molecule has 1 aliphatic heterocycles. The van der Waals surface area contributed by atoms with Crippen LogP contribution in [0.5, 0.6) is 5.75 Å².